The molecule has 0 unspecified atom stereocenters. The normalized spacial score (nSPS) is 11.2. The molecule has 0 fully saturated rings. The first-order chi connectivity index (χ1) is 16.6. The van der Waals surface area contributed by atoms with Crippen LogP contribution >= 0.6 is 0 Å². The largest absolute Gasteiger partial charge is 0.372 e. The van der Waals surface area contributed by atoms with Crippen molar-refractivity contribution < 1.29 is 0 Å². The Morgan fingerprint density at radius 2 is 0.971 bits per heavy atom. The van der Waals surface area contributed by atoms with E-state index in [1.807, 2.05) is 0 Å². The molecule has 2 heteroatoms. The minimum absolute atomic E-state index is 0.182. The van der Waals surface area contributed by atoms with Crippen molar-refractivity contribution >= 4 is 22.1 Å². The van der Waals surface area contributed by atoms with Crippen molar-refractivity contribution in [1.29, 1.82) is 0 Å². The Bertz CT molecular complexity index is 1140. The van der Waals surface area contributed by atoms with E-state index in [-0.39, 0.29) is 5.92 Å². The molecule has 4 aromatic carbocycles. The predicted octanol–water partition coefficient (Wildman–Crippen LogP) is 8.02. The summed E-state index contributed by atoms with van der Waals surface area (Å²) in [7, 11) is 0. The van der Waals surface area contributed by atoms with Gasteiger partial charge in [-0.05, 0) is 91.9 Å². The van der Waals surface area contributed by atoms with E-state index in [1.165, 1.54) is 44.4 Å². The van der Waals surface area contributed by atoms with Crippen LogP contribution < -0.4 is 9.80 Å². The third kappa shape index (κ3) is 4.68. The number of benzene rings is 4. The third-order valence-corrected chi connectivity index (χ3v) is 7.20. The molecule has 0 aliphatic carbocycles. The molecule has 0 atom stereocenters. The predicted molar refractivity (Wildman–Crippen MR) is 150 cm³/mol. The van der Waals surface area contributed by atoms with Gasteiger partial charge >= 0.3 is 0 Å². The van der Waals surface area contributed by atoms with E-state index in [0.717, 1.165) is 26.2 Å². The molecule has 0 aliphatic heterocycles. The van der Waals surface area contributed by atoms with Crippen LogP contribution in [-0.4, -0.2) is 26.2 Å². The Labute approximate surface area is 205 Å². The summed E-state index contributed by atoms with van der Waals surface area (Å²) in [4.78, 5) is 4.80. The second-order valence-corrected chi connectivity index (χ2v) is 8.98. The molecule has 4 rings (SSSR count). The van der Waals surface area contributed by atoms with Crippen LogP contribution in [0.1, 0.15) is 55.9 Å². The lowest BCUT2D eigenvalue weighted by Gasteiger charge is -2.25. The molecule has 34 heavy (non-hydrogen) atoms. The van der Waals surface area contributed by atoms with Crippen LogP contribution in [0.4, 0.5) is 11.4 Å². The molecule has 0 aromatic heterocycles. The topological polar surface area (TPSA) is 6.48 Å². The molecular weight excluding hydrogens is 412 g/mol. The van der Waals surface area contributed by atoms with E-state index in [9.17, 15) is 0 Å². The zero-order chi connectivity index (χ0) is 24.1. The SMILES string of the molecule is CCN(CC)c1ccc(C(c2ccc(N(CC)CC)cc2)c2ccc(C)c3ccccc23)cc1. The Morgan fingerprint density at radius 1 is 0.529 bits per heavy atom. The van der Waals surface area contributed by atoms with Gasteiger partial charge in [-0.3, -0.25) is 0 Å². The van der Waals surface area contributed by atoms with Gasteiger partial charge in [-0.1, -0.05) is 60.7 Å². The number of nitrogens with zero attached hydrogens (tertiary/aromatic N) is 2. The first-order valence-corrected chi connectivity index (χ1v) is 12.8. The van der Waals surface area contributed by atoms with E-state index in [0.29, 0.717) is 0 Å². The minimum Gasteiger partial charge on any atom is -0.372 e. The monoisotopic (exact) mass is 450 g/mol. The summed E-state index contributed by atoms with van der Waals surface area (Å²) in [6, 6.07) is 31.9. The van der Waals surface area contributed by atoms with E-state index < -0.39 is 0 Å². The molecular formula is C32H38N2. The van der Waals surface area contributed by atoms with Gasteiger partial charge in [0.1, 0.15) is 0 Å². The molecule has 0 aliphatic rings. The maximum atomic E-state index is 2.40. The summed E-state index contributed by atoms with van der Waals surface area (Å²) in [5, 5.41) is 2.68. The smallest absolute Gasteiger partial charge is 0.0366 e. The fourth-order valence-corrected chi connectivity index (χ4v) is 5.21. The lowest BCUT2D eigenvalue weighted by atomic mass is 9.82. The van der Waals surface area contributed by atoms with Crippen LogP contribution in [0.3, 0.4) is 0 Å². The number of anilines is 2. The first-order valence-electron chi connectivity index (χ1n) is 12.8. The number of aryl methyl sites for hydroxylation is 1. The molecule has 0 saturated heterocycles. The quantitative estimate of drug-likeness (QED) is 0.238. The van der Waals surface area contributed by atoms with Crippen LogP contribution in [0.25, 0.3) is 10.8 Å². The Hall–Kier alpha value is -3.26. The highest BCUT2D eigenvalue weighted by Crippen LogP contribution is 2.38. The maximum absolute atomic E-state index is 2.40. The molecule has 176 valence electrons. The summed E-state index contributed by atoms with van der Waals surface area (Å²) >= 11 is 0. The molecule has 0 bridgehead atoms. The van der Waals surface area contributed by atoms with Crippen LogP contribution in [0, 0.1) is 6.92 Å². The fraction of sp³-hybridized carbons (Fsp3) is 0.312. The lowest BCUT2D eigenvalue weighted by molar-refractivity contribution is 0.863. The molecule has 2 nitrogen and oxygen atoms in total. The van der Waals surface area contributed by atoms with Gasteiger partial charge in [-0.25, -0.2) is 0 Å². The van der Waals surface area contributed by atoms with Gasteiger partial charge in [0.25, 0.3) is 0 Å². The van der Waals surface area contributed by atoms with E-state index in [4.69, 9.17) is 0 Å². The van der Waals surface area contributed by atoms with Crippen molar-refractivity contribution in [1.82, 2.24) is 0 Å². The Morgan fingerprint density at radius 3 is 1.41 bits per heavy atom. The molecule has 0 heterocycles. The lowest BCUT2D eigenvalue weighted by Crippen LogP contribution is -2.22. The van der Waals surface area contributed by atoms with E-state index >= 15 is 0 Å². The zero-order valence-electron chi connectivity index (χ0n) is 21.4. The average molecular weight is 451 g/mol. The van der Waals surface area contributed by atoms with E-state index in [2.05, 4.69) is 129 Å². The standard InChI is InChI=1S/C32H38N2/c1-6-33(7-2)27-19-15-25(16-20-27)32(26-17-21-28(22-18-26)34(8-3)9-4)31-23-14-24(5)29-12-10-11-13-30(29)31/h10-23,32H,6-9H2,1-5H3. The summed E-state index contributed by atoms with van der Waals surface area (Å²) < 4.78 is 0. The molecule has 0 radical (unpaired) electrons. The minimum atomic E-state index is 0.182. The van der Waals surface area contributed by atoms with Crippen LogP contribution in [-0.2, 0) is 0 Å². The zero-order valence-corrected chi connectivity index (χ0v) is 21.4. The summed E-state index contributed by atoms with van der Waals surface area (Å²) in [5.41, 5.74) is 7.94. The van der Waals surface area contributed by atoms with Gasteiger partial charge in [0.15, 0.2) is 0 Å². The Kier molecular flexibility index (Phi) is 7.57. The van der Waals surface area contributed by atoms with Gasteiger partial charge in [-0.15, -0.1) is 0 Å². The van der Waals surface area contributed by atoms with Crippen LogP contribution in [0.5, 0.6) is 0 Å². The maximum Gasteiger partial charge on any atom is 0.0366 e. The number of rotatable bonds is 9. The molecule has 0 amide bonds. The average Bonchev–Trinajstić information content (AvgIpc) is 2.89. The molecule has 0 N–H and O–H groups in total. The molecule has 0 spiro atoms. The Balaban J connectivity index is 1.85. The van der Waals surface area contributed by atoms with Crippen molar-refractivity contribution in [3.8, 4) is 0 Å². The number of hydrogen-bond acceptors (Lipinski definition) is 2. The van der Waals surface area contributed by atoms with Crippen LogP contribution in [0.2, 0.25) is 0 Å². The van der Waals surface area contributed by atoms with E-state index in [1.54, 1.807) is 0 Å². The van der Waals surface area contributed by atoms with Gasteiger partial charge in [0.05, 0.1) is 0 Å². The molecule has 4 aromatic rings. The van der Waals surface area contributed by atoms with Crippen molar-refractivity contribution in [2.45, 2.75) is 40.5 Å². The summed E-state index contributed by atoms with van der Waals surface area (Å²) in [6.07, 6.45) is 0. The van der Waals surface area contributed by atoms with Gasteiger partial charge < -0.3 is 9.80 Å². The van der Waals surface area contributed by atoms with Crippen molar-refractivity contribution in [2.75, 3.05) is 36.0 Å². The van der Waals surface area contributed by atoms with Crippen molar-refractivity contribution in [3.63, 3.8) is 0 Å². The van der Waals surface area contributed by atoms with Crippen LogP contribution in [0.15, 0.2) is 84.9 Å². The second kappa shape index (κ2) is 10.8. The molecule has 0 saturated carbocycles. The van der Waals surface area contributed by atoms with Gasteiger partial charge in [-0.2, -0.15) is 0 Å². The van der Waals surface area contributed by atoms with Gasteiger partial charge in [0.2, 0.25) is 0 Å². The van der Waals surface area contributed by atoms with Crippen molar-refractivity contribution in [3.05, 3.63) is 107 Å². The highest BCUT2D eigenvalue weighted by molar-refractivity contribution is 5.89. The summed E-state index contributed by atoms with van der Waals surface area (Å²) in [6.45, 7) is 15.2. The van der Waals surface area contributed by atoms with Crippen molar-refractivity contribution in [2.24, 2.45) is 0 Å². The highest BCUT2D eigenvalue weighted by atomic mass is 15.1. The summed E-state index contributed by atoms with van der Waals surface area (Å²) in [5.74, 6) is 0.182. The fourth-order valence-electron chi connectivity index (χ4n) is 5.21. The highest BCUT2D eigenvalue weighted by Gasteiger charge is 2.20. The number of hydrogen-bond donors (Lipinski definition) is 0. The third-order valence-electron chi connectivity index (χ3n) is 7.20. The second-order valence-electron chi connectivity index (χ2n) is 8.98. The van der Waals surface area contributed by atoms with Gasteiger partial charge in [0, 0.05) is 43.5 Å². The first kappa shape index (κ1) is 23.9. The number of fused-ring (bicyclic) bond motifs is 1.